The summed E-state index contributed by atoms with van der Waals surface area (Å²) >= 11 is 0. The van der Waals surface area contributed by atoms with Crippen LogP contribution in [-0.4, -0.2) is 13.0 Å². The highest BCUT2D eigenvalue weighted by atomic mass is 16.3. The average Bonchev–Trinajstić information content (AvgIpc) is 2.30. The van der Waals surface area contributed by atoms with Crippen molar-refractivity contribution in [3.8, 4) is 0 Å². The summed E-state index contributed by atoms with van der Waals surface area (Å²) in [6, 6.07) is 7.86. The third kappa shape index (κ3) is 0.981. The molecule has 0 bridgehead atoms. The van der Waals surface area contributed by atoms with E-state index in [1.54, 1.807) is 0 Å². The van der Waals surface area contributed by atoms with Crippen molar-refractivity contribution in [1.29, 1.82) is 0 Å². The largest absolute Gasteiger partial charge is 0.389 e. The first-order valence-corrected chi connectivity index (χ1v) is 3.80. The monoisotopic (exact) mass is 144 g/mol. The summed E-state index contributed by atoms with van der Waals surface area (Å²) in [5.74, 6) is -0.104. The first kappa shape index (κ1) is 6.92. The molecule has 1 aliphatic rings. The van der Waals surface area contributed by atoms with Gasteiger partial charge in [0.2, 0.25) is 0 Å². The maximum absolute atomic E-state index is 9.52. The molecule has 0 spiro atoms. The van der Waals surface area contributed by atoms with E-state index in [1.807, 2.05) is 24.3 Å². The highest BCUT2D eigenvalue weighted by Gasteiger charge is 2.25. The van der Waals surface area contributed by atoms with Gasteiger partial charge >= 0.3 is 0 Å². The fourth-order valence-corrected chi connectivity index (χ4v) is 1.60. The molecule has 1 aliphatic carbocycles. The third-order valence-corrected chi connectivity index (χ3v) is 2.23. The quantitative estimate of drug-likeness (QED) is 0.543. The molecule has 0 amide bonds. The molecule has 0 aromatic heterocycles. The molecule has 0 heterocycles. The van der Waals surface area contributed by atoms with Crippen LogP contribution in [-0.2, 0) is 6.42 Å². The van der Waals surface area contributed by atoms with Crippen LogP contribution < -0.4 is 0 Å². The molecular formula is C9H9BO. The zero-order chi connectivity index (χ0) is 7.84. The van der Waals surface area contributed by atoms with Crippen LogP contribution in [0.3, 0.4) is 0 Å². The molecule has 2 radical (unpaired) electrons. The second-order valence-corrected chi connectivity index (χ2v) is 3.01. The van der Waals surface area contributed by atoms with Gasteiger partial charge in [-0.25, -0.2) is 0 Å². The molecule has 1 aromatic rings. The van der Waals surface area contributed by atoms with Gasteiger partial charge in [0.15, 0.2) is 0 Å². The molecule has 2 heteroatoms. The van der Waals surface area contributed by atoms with Gasteiger partial charge in [-0.15, -0.1) is 0 Å². The van der Waals surface area contributed by atoms with Crippen molar-refractivity contribution < 1.29 is 5.11 Å². The van der Waals surface area contributed by atoms with Gasteiger partial charge in [0, 0.05) is 0 Å². The van der Waals surface area contributed by atoms with Gasteiger partial charge in [-0.3, -0.25) is 0 Å². The predicted octanol–water partition coefficient (Wildman–Crippen LogP) is 1.23. The molecule has 2 unspecified atom stereocenters. The minimum absolute atomic E-state index is 0.104. The summed E-state index contributed by atoms with van der Waals surface area (Å²) in [7, 11) is 5.68. The molecular weight excluding hydrogens is 135 g/mol. The molecule has 11 heavy (non-hydrogen) atoms. The molecule has 0 saturated heterocycles. The van der Waals surface area contributed by atoms with Crippen LogP contribution in [0.4, 0.5) is 0 Å². The third-order valence-electron chi connectivity index (χ3n) is 2.23. The summed E-state index contributed by atoms with van der Waals surface area (Å²) in [6.45, 7) is 0. The molecule has 1 aromatic carbocycles. The van der Waals surface area contributed by atoms with E-state index in [4.69, 9.17) is 7.85 Å². The summed E-state index contributed by atoms with van der Waals surface area (Å²) in [4.78, 5) is 0. The first-order valence-electron chi connectivity index (χ1n) is 3.80. The summed E-state index contributed by atoms with van der Waals surface area (Å²) in [6.07, 6.45) is 0.350. The van der Waals surface area contributed by atoms with E-state index < -0.39 is 6.10 Å². The van der Waals surface area contributed by atoms with Crippen molar-refractivity contribution >= 4 is 7.85 Å². The molecule has 1 nitrogen and oxygen atoms in total. The topological polar surface area (TPSA) is 20.2 Å². The highest BCUT2D eigenvalue weighted by Crippen LogP contribution is 2.37. The van der Waals surface area contributed by atoms with Gasteiger partial charge in [-0.05, 0) is 23.4 Å². The smallest absolute Gasteiger partial charge is 0.0746 e. The van der Waals surface area contributed by atoms with E-state index in [0.29, 0.717) is 0 Å². The number of fused-ring (bicyclic) bond motifs is 1. The summed E-state index contributed by atoms with van der Waals surface area (Å²) < 4.78 is 0. The maximum atomic E-state index is 9.52. The number of hydrogen-bond acceptors (Lipinski definition) is 1. The second kappa shape index (κ2) is 2.38. The van der Waals surface area contributed by atoms with Crippen LogP contribution in [0, 0.1) is 0 Å². The average molecular weight is 144 g/mol. The van der Waals surface area contributed by atoms with Crippen LogP contribution in [0.2, 0.25) is 5.82 Å². The van der Waals surface area contributed by atoms with Crippen molar-refractivity contribution in [1.82, 2.24) is 0 Å². The molecule has 0 aliphatic heterocycles. The summed E-state index contributed by atoms with van der Waals surface area (Å²) in [5.41, 5.74) is 2.19. The number of aliphatic hydroxyl groups is 1. The second-order valence-electron chi connectivity index (χ2n) is 3.01. The van der Waals surface area contributed by atoms with E-state index in [1.165, 1.54) is 5.56 Å². The van der Waals surface area contributed by atoms with Crippen molar-refractivity contribution in [2.75, 3.05) is 0 Å². The van der Waals surface area contributed by atoms with Gasteiger partial charge in [0.05, 0.1) is 14.0 Å². The van der Waals surface area contributed by atoms with Crippen LogP contribution in [0.25, 0.3) is 0 Å². The Labute approximate surface area is 67.5 Å². The lowest BCUT2D eigenvalue weighted by atomic mass is 9.83. The van der Waals surface area contributed by atoms with Crippen molar-refractivity contribution in [2.45, 2.75) is 18.3 Å². The van der Waals surface area contributed by atoms with Gasteiger partial charge in [-0.1, -0.05) is 24.3 Å². The fraction of sp³-hybridized carbons (Fsp3) is 0.333. The van der Waals surface area contributed by atoms with Crippen LogP contribution in [0.1, 0.15) is 17.2 Å². The zero-order valence-electron chi connectivity index (χ0n) is 6.20. The fourth-order valence-electron chi connectivity index (χ4n) is 1.60. The Kier molecular flexibility index (Phi) is 1.50. The van der Waals surface area contributed by atoms with Crippen LogP contribution in [0.5, 0.6) is 0 Å². The maximum Gasteiger partial charge on any atom is 0.0746 e. The highest BCUT2D eigenvalue weighted by molar-refractivity contribution is 6.12. The molecule has 2 atom stereocenters. The Balaban J connectivity index is 2.47. The van der Waals surface area contributed by atoms with Crippen molar-refractivity contribution in [2.24, 2.45) is 0 Å². The normalized spacial score (nSPS) is 28.5. The Morgan fingerprint density at radius 2 is 2.09 bits per heavy atom. The molecule has 0 saturated carbocycles. The van der Waals surface area contributed by atoms with Gasteiger partial charge in [0.25, 0.3) is 0 Å². The van der Waals surface area contributed by atoms with E-state index >= 15 is 0 Å². The standard InChI is InChI=1S/C9H9BO/c10-8-5-6-3-1-2-4-7(6)9(8)11/h1-4,8-9,11H,5H2. The van der Waals surface area contributed by atoms with Gasteiger partial charge in [0.1, 0.15) is 0 Å². The lowest BCUT2D eigenvalue weighted by Crippen LogP contribution is -1.98. The number of benzene rings is 1. The van der Waals surface area contributed by atoms with E-state index in [9.17, 15) is 5.11 Å². The van der Waals surface area contributed by atoms with E-state index in [2.05, 4.69) is 0 Å². The molecule has 1 N–H and O–H groups in total. The minimum atomic E-state index is -0.453. The Morgan fingerprint density at radius 3 is 2.82 bits per heavy atom. The number of aliphatic hydroxyl groups excluding tert-OH is 1. The Hall–Kier alpha value is -0.755. The lowest BCUT2D eigenvalue weighted by Gasteiger charge is -2.07. The lowest BCUT2D eigenvalue weighted by molar-refractivity contribution is 0.181. The van der Waals surface area contributed by atoms with Crippen LogP contribution in [0.15, 0.2) is 24.3 Å². The number of rotatable bonds is 0. The first-order chi connectivity index (χ1) is 5.29. The summed E-state index contributed by atoms with van der Waals surface area (Å²) in [5, 5.41) is 9.52. The minimum Gasteiger partial charge on any atom is -0.389 e. The van der Waals surface area contributed by atoms with E-state index in [0.717, 1.165) is 12.0 Å². The Morgan fingerprint density at radius 1 is 1.36 bits per heavy atom. The zero-order valence-corrected chi connectivity index (χ0v) is 6.20. The molecule has 2 rings (SSSR count). The van der Waals surface area contributed by atoms with Gasteiger partial charge < -0.3 is 5.11 Å². The van der Waals surface area contributed by atoms with Crippen molar-refractivity contribution in [3.63, 3.8) is 0 Å². The Bertz CT molecular complexity index is 272. The number of hydrogen-bond donors (Lipinski definition) is 1. The predicted molar refractivity (Wildman–Crippen MR) is 44.6 cm³/mol. The molecule has 54 valence electrons. The van der Waals surface area contributed by atoms with Crippen molar-refractivity contribution in [3.05, 3.63) is 35.4 Å². The van der Waals surface area contributed by atoms with Gasteiger partial charge in [-0.2, -0.15) is 0 Å². The SMILES string of the molecule is [B]C1Cc2ccccc2C1O. The van der Waals surface area contributed by atoms with Crippen LogP contribution >= 0.6 is 0 Å². The van der Waals surface area contributed by atoms with E-state index in [-0.39, 0.29) is 5.82 Å². The molecule has 0 fully saturated rings.